The Morgan fingerprint density at radius 1 is 1.00 bits per heavy atom. The van der Waals surface area contributed by atoms with E-state index in [2.05, 4.69) is 71.8 Å². The van der Waals surface area contributed by atoms with E-state index in [-0.39, 0.29) is 5.41 Å². The van der Waals surface area contributed by atoms with Gasteiger partial charge >= 0.3 is 0 Å². The number of fused-ring (bicyclic) bond motifs is 1. The maximum absolute atomic E-state index is 4.29. The zero-order chi connectivity index (χ0) is 15.7. The van der Waals surface area contributed by atoms with E-state index in [1.165, 1.54) is 27.9 Å². The topological polar surface area (TPSA) is 24.9 Å². The summed E-state index contributed by atoms with van der Waals surface area (Å²) in [5.41, 5.74) is 6.57. The predicted octanol–water partition coefficient (Wildman–Crippen LogP) is 4.40. The van der Waals surface area contributed by atoms with Crippen LogP contribution in [0, 0.1) is 0 Å². The predicted molar refractivity (Wildman–Crippen MR) is 94.9 cm³/mol. The normalized spacial score (nSPS) is 19.2. The van der Waals surface area contributed by atoms with Crippen molar-refractivity contribution in [3.63, 3.8) is 0 Å². The van der Waals surface area contributed by atoms with E-state index < -0.39 is 0 Å². The van der Waals surface area contributed by atoms with Crippen molar-refractivity contribution in [2.45, 2.75) is 18.8 Å². The molecule has 3 aromatic rings. The number of hydrogen-bond acceptors (Lipinski definition) is 2. The van der Waals surface area contributed by atoms with E-state index in [9.17, 15) is 0 Å². The zero-order valence-corrected chi connectivity index (χ0v) is 13.3. The Morgan fingerprint density at radius 2 is 1.87 bits per heavy atom. The van der Waals surface area contributed by atoms with Crippen LogP contribution >= 0.6 is 0 Å². The highest BCUT2D eigenvalue weighted by molar-refractivity contribution is 5.65. The van der Waals surface area contributed by atoms with Crippen LogP contribution in [0.15, 0.2) is 73.1 Å². The lowest BCUT2D eigenvalue weighted by molar-refractivity contribution is 0.632. The number of anilines is 1. The minimum Gasteiger partial charge on any atom is -0.384 e. The average molecular weight is 300 g/mol. The van der Waals surface area contributed by atoms with Crippen LogP contribution in [0.25, 0.3) is 0 Å². The molecule has 23 heavy (non-hydrogen) atoms. The lowest BCUT2D eigenvalue weighted by Crippen LogP contribution is -2.25. The molecule has 0 aliphatic carbocycles. The van der Waals surface area contributed by atoms with Crippen molar-refractivity contribution < 1.29 is 0 Å². The first-order chi connectivity index (χ1) is 11.3. The first kappa shape index (κ1) is 14.0. The first-order valence-electron chi connectivity index (χ1n) is 8.07. The van der Waals surface area contributed by atoms with E-state index in [0.29, 0.717) is 0 Å². The number of rotatable bonds is 3. The molecule has 0 radical (unpaired) electrons. The molecule has 2 nitrogen and oxygen atoms in total. The van der Waals surface area contributed by atoms with Gasteiger partial charge in [-0.1, -0.05) is 48.5 Å². The van der Waals surface area contributed by atoms with Gasteiger partial charge in [0.1, 0.15) is 0 Å². The van der Waals surface area contributed by atoms with Crippen molar-refractivity contribution in [2.75, 3.05) is 11.9 Å². The summed E-state index contributed by atoms with van der Waals surface area (Å²) in [6.45, 7) is 3.21. The van der Waals surface area contributed by atoms with Gasteiger partial charge in [-0.05, 0) is 47.7 Å². The fourth-order valence-corrected chi connectivity index (χ4v) is 3.47. The maximum Gasteiger partial charge on any atom is 0.0385 e. The highest BCUT2D eigenvalue weighted by Crippen LogP contribution is 2.41. The molecule has 1 aliphatic rings. The minimum atomic E-state index is -0.00509. The fraction of sp³-hybridized carbons (Fsp3) is 0.190. The number of benzene rings is 2. The molecule has 1 unspecified atom stereocenters. The summed E-state index contributed by atoms with van der Waals surface area (Å²) < 4.78 is 0. The van der Waals surface area contributed by atoms with Gasteiger partial charge in [0, 0.05) is 30.0 Å². The molecule has 0 saturated heterocycles. The molecule has 2 heteroatoms. The minimum absolute atomic E-state index is 0.00509. The molecule has 1 atom stereocenters. The highest BCUT2D eigenvalue weighted by Gasteiger charge is 2.36. The molecule has 0 amide bonds. The number of nitrogens with one attached hydrogen (secondary N) is 1. The monoisotopic (exact) mass is 300 g/mol. The third-order valence-electron chi connectivity index (χ3n) is 4.86. The molecular weight excluding hydrogens is 280 g/mol. The molecule has 114 valence electrons. The summed E-state index contributed by atoms with van der Waals surface area (Å²) >= 11 is 0. The molecule has 0 saturated carbocycles. The lowest BCUT2D eigenvalue weighted by atomic mass is 9.78. The number of aromatic nitrogens is 1. The molecule has 1 N–H and O–H groups in total. The van der Waals surface area contributed by atoms with E-state index in [4.69, 9.17) is 0 Å². The van der Waals surface area contributed by atoms with Crippen molar-refractivity contribution in [3.8, 4) is 0 Å². The number of nitrogens with zero attached hydrogens (tertiary/aromatic N) is 1. The largest absolute Gasteiger partial charge is 0.384 e. The van der Waals surface area contributed by atoms with Crippen LogP contribution in [0.5, 0.6) is 0 Å². The molecule has 0 spiro atoms. The molecular formula is C21H20N2. The van der Waals surface area contributed by atoms with Crippen molar-refractivity contribution in [2.24, 2.45) is 0 Å². The molecule has 2 aromatic carbocycles. The van der Waals surface area contributed by atoms with Gasteiger partial charge in [-0.15, -0.1) is 0 Å². The van der Waals surface area contributed by atoms with Crippen molar-refractivity contribution in [1.82, 2.24) is 4.98 Å². The second-order valence-electron chi connectivity index (χ2n) is 6.47. The summed E-state index contributed by atoms with van der Waals surface area (Å²) in [5, 5.41) is 3.59. The lowest BCUT2D eigenvalue weighted by Gasteiger charge is -2.24. The molecule has 1 aromatic heterocycles. The average Bonchev–Trinajstić information content (AvgIpc) is 2.94. The van der Waals surface area contributed by atoms with Gasteiger partial charge in [0.25, 0.3) is 0 Å². The van der Waals surface area contributed by atoms with Crippen LogP contribution in [-0.2, 0) is 11.8 Å². The van der Waals surface area contributed by atoms with Crippen molar-refractivity contribution >= 4 is 5.69 Å². The van der Waals surface area contributed by atoms with Crippen molar-refractivity contribution in [1.29, 1.82) is 0 Å². The fourth-order valence-electron chi connectivity index (χ4n) is 3.47. The van der Waals surface area contributed by atoms with Gasteiger partial charge in [-0.3, -0.25) is 4.98 Å². The van der Waals surface area contributed by atoms with E-state index in [1.807, 2.05) is 18.5 Å². The summed E-state index contributed by atoms with van der Waals surface area (Å²) in [6.07, 6.45) is 4.78. The van der Waals surface area contributed by atoms with Crippen LogP contribution in [0.3, 0.4) is 0 Å². The molecule has 0 bridgehead atoms. The molecule has 2 heterocycles. The molecule has 4 rings (SSSR count). The van der Waals surface area contributed by atoms with Gasteiger partial charge in [0.2, 0.25) is 0 Å². The Kier molecular flexibility index (Phi) is 3.38. The molecule has 0 fully saturated rings. The first-order valence-corrected chi connectivity index (χ1v) is 8.07. The Bertz CT molecular complexity index is 812. The quantitative estimate of drug-likeness (QED) is 0.775. The van der Waals surface area contributed by atoms with Crippen LogP contribution in [0.4, 0.5) is 5.69 Å². The molecule has 1 aliphatic heterocycles. The standard InChI is InChI=1S/C21H20N2/c1-21(18-8-5-11-22-14-18)15-23-20-13-17(9-10-19(20)21)12-16-6-3-2-4-7-16/h2-11,13-14,23H,12,15H2,1H3. The number of hydrogen-bond donors (Lipinski definition) is 1. The second kappa shape index (κ2) is 5.54. The van der Waals surface area contributed by atoms with Gasteiger partial charge < -0.3 is 5.32 Å². The van der Waals surface area contributed by atoms with E-state index >= 15 is 0 Å². The van der Waals surface area contributed by atoms with Gasteiger partial charge in [-0.2, -0.15) is 0 Å². The third-order valence-corrected chi connectivity index (χ3v) is 4.86. The smallest absolute Gasteiger partial charge is 0.0385 e. The summed E-state index contributed by atoms with van der Waals surface area (Å²) in [6, 6.07) is 21.6. The highest BCUT2D eigenvalue weighted by atomic mass is 14.9. The Hall–Kier alpha value is -2.61. The maximum atomic E-state index is 4.29. The number of pyridine rings is 1. The summed E-state index contributed by atoms with van der Waals surface area (Å²) in [7, 11) is 0. The van der Waals surface area contributed by atoms with Crippen LogP contribution in [0.2, 0.25) is 0 Å². The Balaban J connectivity index is 1.67. The Morgan fingerprint density at radius 3 is 2.65 bits per heavy atom. The SMILES string of the molecule is CC1(c2cccnc2)CNc2cc(Cc3ccccc3)ccc21. The third kappa shape index (κ3) is 2.50. The van der Waals surface area contributed by atoms with Gasteiger partial charge in [-0.25, -0.2) is 0 Å². The summed E-state index contributed by atoms with van der Waals surface area (Å²) in [4.78, 5) is 4.29. The van der Waals surface area contributed by atoms with Crippen LogP contribution in [-0.4, -0.2) is 11.5 Å². The Labute approximate surface area is 137 Å². The van der Waals surface area contributed by atoms with E-state index in [1.54, 1.807) is 0 Å². The van der Waals surface area contributed by atoms with E-state index in [0.717, 1.165) is 13.0 Å². The van der Waals surface area contributed by atoms with Crippen molar-refractivity contribution in [3.05, 3.63) is 95.3 Å². The second-order valence-corrected chi connectivity index (χ2v) is 6.47. The zero-order valence-electron chi connectivity index (χ0n) is 13.3. The summed E-state index contributed by atoms with van der Waals surface area (Å²) in [5.74, 6) is 0. The van der Waals surface area contributed by atoms with Gasteiger partial charge in [0.05, 0.1) is 0 Å². The van der Waals surface area contributed by atoms with Gasteiger partial charge in [0.15, 0.2) is 0 Å². The van der Waals surface area contributed by atoms with Crippen LogP contribution in [0.1, 0.15) is 29.2 Å². The van der Waals surface area contributed by atoms with Crippen LogP contribution < -0.4 is 5.32 Å².